The molecule has 0 saturated carbocycles. The summed E-state index contributed by atoms with van der Waals surface area (Å²) in [7, 11) is 0. The highest BCUT2D eigenvalue weighted by molar-refractivity contribution is 7.15. The molecule has 1 aliphatic carbocycles. The minimum Gasteiger partial charge on any atom is -0.375 e. The number of nitrogens with one attached hydrogen (secondary N) is 1. The molecule has 0 radical (unpaired) electrons. The van der Waals surface area contributed by atoms with Crippen molar-refractivity contribution in [2.75, 3.05) is 0 Å². The molecule has 2 aliphatic rings. The number of halogens is 1. The van der Waals surface area contributed by atoms with E-state index < -0.39 is 0 Å². The SMILES string of the molecule is CCc1cc2c(s1)[N+](=O)C1=C(C=C(Cl)CC1)NC2. The second-order valence-corrected chi connectivity index (χ2v) is 6.10. The Labute approximate surface area is 115 Å². The van der Waals surface area contributed by atoms with Gasteiger partial charge in [-0.1, -0.05) is 29.9 Å². The first-order valence-electron chi connectivity index (χ1n) is 6.11. The van der Waals surface area contributed by atoms with Crippen molar-refractivity contribution in [3.63, 3.8) is 0 Å². The maximum Gasteiger partial charge on any atom is 0.323 e. The Bertz CT molecular complexity index is 586. The van der Waals surface area contributed by atoms with E-state index in [1.807, 2.05) is 6.08 Å². The minimum absolute atomic E-state index is 0.698. The van der Waals surface area contributed by atoms with Crippen LogP contribution in [0.4, 0.5) is 5.00 Å². The van der Waals surface area contributed by atoms with Crippen LogP contribution in [0.25, 0.3) is 0 Å². The van der Waals surface area contributed by atoms with Crippen LogP contribution in [0.5, 0.6) is 0 Å². The van der Waals surface area contributed by atoms with E-state index in [-0.39, 0.29) is 0 Å². The maximum absolute atomic E-state index is 12.5. The standard InChI is InChI=1S/C13H14ClN2OS/c1-2-10-5-8-7-15-11-6-9(14)3-4-12(11)16(17)13(8)18-10/h5-6,15H,2-4,7H2,1H3/q+1. The molecular weight excluding hydrogens is 268 g/mol. The largest absolute Gasteiger partial charge is 0.375 e. The summed E-state index contributed by atoms with van der Waals surface area (Å²) in [5.74, 6) is 0. The Balaban J connectivity index is 2.06. The molecule has 0 atom stereocenters. The summed E-state index contributed by atoms with van der Waals surface area (Å²) in [5, 5.41) is 4.97. The number of allylic oxidation sites excluding steroid dienone is 3. The van der Waals surface area contributed by atoms with Gasteiger partial charge in [0.05, 0.1) is 10.3 Å². The minimum atomic E-state index is 0.698. The summed E-state index contributed by atoms with van der Waals surface area (Å²) in [6.07, 6.45) is 4.31. The van der Waals surface area contributed by atoms with Crippen LogP contribution < -0.4 is 5.32 Å². The van der Waals surface area contributed by atoms with Gasteiger partial charge in [-0.05, 0) is 25.0 Å². The molecule has 94 valence electrons. The van der Waals surface area contributed by atoms with Crippen LogP contribution in [-0.2, 0) is 13.0 Å². The van der Waals surface area contributed by atoms with Crippen LogP contribution >= 0.6 is 22.9 Å². The van der Waals surface area contributed by atoms with Crippen molar-refractivity contribution in [1.29, 1.82) is 0 Å². The molecule has 18 heavy (non-hydrogen) atoms. The molecule has 3 rings (SSSR count). The molecule has 0 bridgehead atoms. The summed E-state index contributed by atoms with van der Waals surface area (Å²) in [6.45, 7) is 2.81. The number of nitrogens with zero attached hydrogens (tertiary/aromatic N) is 1. The topological polar surface area (TPSA) is 32.1 Å². The Morgan fingerprint density at radius 1 is 1.50 bits per heavy atom. The molecule has 1 aliphatic heterocycles. The monoisotopic (exact) mass is 281 g/mol. The van der Waals surface area contributed by atoms with Crippen molar-refractivity contribution in [1.82, 2.24) is 5.32 Å². The molecule has 0 spiro atoms. The van der Waals surface area contributed by atoms with Crippen molar-refractivity contribution < 1.29 is 4.76 Å². The number of hydrogen-bond donors (Lipinski definition) is 1. The molecule has 1 aromatic heterocycles. The lowest BCUT2D eigenvalue weighted by molar-refractivity contribution is -0.407. The zero-order valence-corrected chi connectivity index (χ0v) is 11.7. The molecule has 1 aromatic rings. The summed E-state index contributed by atoms with van der Waals surface area (Å²) in [6, 6.07) is 2.13. The predicted octanol–water partition coefficient (Wildman–Crippen LogP) is 3.95. The van der Waals surface area contributed by atoms with Crippen molar-refractivity contribution in [3.8, 4) is 0 Å². The van der Waals surface area contributed by atoms with Crippen molar-refractivity contribution in [3.05, 3.63) is 43.9 Å². The van der Waals surface area contributed by atoms with Crippen LogP contribution in [0.2, 0.25) is 0 Å². The molecule has 1 N–H and O–H groups in total. The van der Waals surface area contributed by atoms with E-state index in [0.29, 0.717) is 13.0 Å². The van der Waals surface area contributed by atoms with Gasteiger partial charge in [0, 0.05) is 27.8 Å². The molecule has 0 aromatic carbocycles. The van der Waals surface area contributed by atoms with Gasteiger partial charge < -0.3 is 5.32 Å². The van der Waals surface area contributed by atoms with Gasteiger partial charge in [-0.2, -0.15) is 0 Å². The van der Waals surface area contributed by atoms with Gasteiger partial charge in [0.2, 0.25) is 0 Å². The first kappa shape index (κ1) is 11.9. The molecule has 3 nitrogen and oxygen atoms in total. The van der Waals surface area contributed by atoms with E-state index in [0.717, 1.165) is 44.6 Å². The summed E-state index contributed by atoms with van der Waals surface area (Å²) in [5.41, 5.74) is 2.77. The average Bonchev–Trinajstić information content (AvgIpc) is 2.74. The number of fused-ring (bicyclic) bond motifs is 1. The second-order valence-electron chi connectivity index (χ2n) is 4.50. The van der Waals surface area contributed by atoms with Gasteiger partial charge in [-0.25, -0.2) is 0 Å². The zero-order chi connectivity index (χ0) is 12.7. The first-order chi connectivity index (χ1) is 8.69. The third-order valence-corrected chi connectivity index (χ3v) is 4.89. The summed E-state index contributed by atoms with van der Waals surface area (Å²) in [4.78, 5) is 13.7. The Hall–Kier alpha value is -1.13. The smallest absolute Gasteiger partial charge is 0.323 e. The third-order valence-electron chi connectivity index (χ3n) is 3.30. The fraction of sp³-hybridized carbons (Fsp3) is 0.385. The molecular formula is C13H14ClN2OS+. The highest BCUT2D eigenvalue weighted by Gasteiger charge is 2.34. The van der Waals surface area contributed by atoms with Gasteiger partial charge >= 0.3 is 5.00 Å². The summed E-state index contributed by atoms with van der Waals surface area (Å²) < 4.78 is 1.09. The van der Waals surface area contributed by atoms with Crippen LogP contribution in [0, 0.1) is 4.91 Å². The fourth-order valence-corrected chi connectivity index (χ4v) is 3.56. The summed E-state index contributed by atoms with van der Waals surface area (Å²) >= 11 is 7.64. The molecule has 0 unspecified atom stereocenters. The van der Waals surface area contributed by atoms with Gasteiger partial charge in [0.25, 0.3) is 5.70 Å². The highest BCUT2D eigenvalue weighted by atomic mass is 35.5. The van der Waals surface area contributed by atoms with Crippen molar-refractivity contribution in [2.45, 2.75) is 32.7 Å². The number of thiophene rings is 1. The molecule has 2 heterocycles. The van der Waals surface area contributed by atoms with Crippen LogP contribution in [0.1, 0.15) is 30.2 Å². The van der Waals surface area contributed by atoms with Crippen LogP contribution in [-0.4, -0.2) is 4.76 Å². The zero-order valence-electron chi connectivity index (χ0n) is 10.1. The van der Waals surface area contributed by atoms with Gasteiger partial charge in [-0.3, -0.25) is 0 Å². The van der Waals surface area contributed by atoms with Gasteiger partial charge in [-0.15, -0.1) is 0 Å². The second kappa shape index (κ2) is 4.52. The number of aryl methyl sites for hydroxylation is 1. The van der Waals surface area contributed by atoms with Crippen LogP contribution in [0.3, 0.4) is 0 Å². The molecule has 5 heteroatoms. The van der Waals surface area contributed by atoms with Crippen molar-refractivity contribution in [2.24, 2.45) is 0 Å². The first-order valence-corrected chi connectivity index (χ1v) is 7.30. The van der Waals surface area contributed by atoms with E-state index >= 15 is 0 Å². The Morgan fingerprint density at radius 3 is 3.11 bits per heavy atom. The lowest BCUT2D eigenvalue weighted by Gasteiger charge is -2.09. The fourth-order valence-electron chi connectivity index (χ4n) is 2.31. The van der Waals surface area contributed by atoms with Gasteiger partial charge in [0.1, 0.15) is 5.70 Å². The Kier molecular flexibility index (Phi) is 2.99. The number of hydrogen-bond acceptors (Lipinski definition) is 3. The van der Waals surface area contributed by atoms with E-state index in [1.54, 1.807) is 11.3 Å². The molecule has 0 saturated heterocycles. The van der Waals surface area contributed by atoms with Crippen LogP contribution in [0.15, 0.2) is 28.6 Å². The van der Waals surface area contributed by atoms with E-state index in [2.05, 4.69) is 18.3 Å². The maximum atomic E-state index is 12.5. The molecule has 0 amide bonds. The quantitative estimate of drug-likeness (QED) is 0.791. The highest BCUT2D eigenvalue weighted by Crippen LogP contribution is 2.38. The average molecular weight is 282 g/mol. The lowest BCUT2D eigenvalue weighted by atomic mass is 10.1. The predicted molar refractivity (Wildman–Crippen MR) is 74.0 cm³/mol. The lowest BCUT2D eigenvalue weighted by Crippen LogP contribution is -2.15. The van der Waals surface area contributed by atoms with E-state index in [1.165, 1.54) is 4.88 Å². The normalized spacial score (nSPS) is 18.8. The molecule has 0 fully saturated rings. The van der Waals surface area contributed by atoms with E-state index in [4.69, 9.17) is 11.6 Å². The number of nitroso groups, excluding NO2 is 1. The Morgan fingerprint density at radius 2 is 2.33 bits per heavy atom. The third kappa shape index (κ3) is 1.89. The van der Waals surface area contributed by atoms with Gasteiger partial charge in [0.15, 0.2) is 0 Å². The van der Waals surface area contributed by atoms with Crippen molar-refractivity contribution >= 4 is 27.9 Å². The van der Waals surface area contributed by atoms with E-state index in [9.17, 15) is 4.91 Å². The number of rotatable bonds is 1.